The highest BCUT2D eigenvalue weighted by atomic mass is 16.5. The van der Waals surface area contributed by atoms with Gasteiger partial charge in [-0.25, -0.2) is 4.68 Å². The van der Waals surface area contributed by atoms with Crippen molar-refractivity contribution in [2.24, 2.45) is 7.05 Å². The van der Waals surface area contributed by atoms with Crippen LogP contribution in [-0.4, -0.2) is 97.3 Å². The molecule has 2 unspecified atom stereocenters. The number of β-amino-alcohol motifs (C(OH)–C–C–N with tert-alkyl or cyclic N) is 1. The Hall–Kier alpha value is -3.18. The van der Waals surface area contributed by atoms with Gasteiger partial charge in [-0.15, -0.1) is 0 Å². The summed E-state index contributed by atoms with van der Waals surface area (Å²) >= 11 is 0. The lowest BCUT2D eigenvalue weighted by Crippen LogP contribution is -2.49. The second kappa shape index (κ2) is 11.0. The summed E-state index contributed by atoms with van der Waals surface area (Å²) in [4.78, 5) is 2.37. The van der Waals surface area contributed by atoms with Crippen molar-refractivity contribution in [1.82, 2.24) is 34.9 Å². The van der Waals surface area contributed by atoms with E-state index in [9.17, 15) is 5.11 Å². The predicted octanol–water partition coefficient (Wildman–Crippen LogP) is 4.02. The normalized spacial score (nSPS) is 22.0. The van der Waals surface area contributed by atoms with Crippen LogP contribution in [0.5, 0.6) is 5.88 Å². The van der Waals surface area contributed by atoms with Gasteiger partial charge in [0, 0.05) is 38.1 Å². The summed E-state index contributed by atoms with van der Waals surface area (Å²) in [5, 5.41) is 28.5. The van der Waals surface area contributed by atoms with Gasteiger partial charge in [0.25, 0.3) is 0 Å². The molecule has 40 heavy (non-hydrogen) atoms. The molecule has 3 aromatic rings. The first-order chi connectivity index (χ1) is 18.9. The maximum atomic E-state index is 10.9. The Morgan fingerprint density at radius 2 is 2.00 bits per heavy atom. The number of fused-ring (bicyclic) bond motifs is 3. The van der Waals surface area contributed by atoms with Crippen molar-refractivity contribution in [1.29, 1.82) is 0 Å². The number of ether oxygens (including phenoxy) is 2. The Balaban J connectivity index is 1.68. The second-order valence-corrected chi connectivity index (χ2v) is 11.8. The van der Waals surface area contributed by atoms with Gasteiger partial charge in [0.15, 0.2) is 6.23 Å². The third-order valence-corrected chi connectivity index (χ3v) is 7.43. The van der Waals surface area contributed by atoms with E-state index in [0.29, 0.717) is 13.1 Å². The zero-order valence-electron chi connectivity index (χ0n) is 25.0. The van der Waals surface area contributed by atoms with Crippen LogP contribution in [0.15, 0.2) is 41.7 Å². The zero-order chi connectivity index (χ0) is 28.8. The molecule has 0 saturated carbocycles. The van der Waals surface area contributed by atoms with Crippen LogP contribution < -0.4 is 4.74 Å². The van der Waals surface area contributed by atoms with Gasteiger partial charge in [-0.3, -0.25) is 10.00 Å². The van der Waals surface area contributed by atoms with E-state index in [1.807, 2.05) is 34.1 Å². The van der Waals surface area contributed by atoms with E-state index in [2.05, 4.69) is 88.3 Å². The molecule has 2 bridgehead atoms. The van der Waals surface area contributed by atoms with Crippen LogP contribution >= 0.6 is 0 Å². The van der Waals surface area contributed by atoms with E-state index in [4.69, 9.17) is 9.47 Å². The van der Waals surface area contributed by atoms with Gasteiger partial charge in [-0.2, -0.15) is 15.2 Å². The number of H-pyrrole nitrogens is 1. The summed E-state index contributed by atoms with van der Waals surface area (Å²) in [6.45, 7) is 14.7. The van der Waals surface area contributed by atoms with E-state index in [1.54, 1.807) is 4.68 Å². The molecular weight excluding hydrogens is 506 g/mol. The fourth-order valence-electron chi connectivity index (χ4n) is 5.52. The standard InChI is InChI=1S/C30H43N7O3/c1-9-36-16-20(4)40-28-24(15-31-34(28)7)21-10-12-25-23(14-21)26(33-32-25)13-11-22-27(17-36)37(18-30(5,6)38)35(8)29(22)39-19(2)3/h10-15,19-20,29,38H,9,16-18H2,1-8H3,(H,32,33)/b13-11+. The molecule has 4 heterocycles. The molecule has 1 aromatic carbocycles. The molecule has 0 aliphatic carbocycles. The Morgan fingerprint density at radius 3 is 2.70 bits per heavy atom. The van der Waals surface area contributed by atoms with Crippen molar-refractivity contribution in [3.8, 4) is 17.0 Å². The Kier molecular flexibility index (Phi) is 7.80. The quantitative estimate of drug-likeness (QED) is 0.493. The first-order valence-electron chi connectivity index (χ1n) is 14.1. The largest absolute Gasteiger partial charge is 0.473 e. The number of nitrogens with zero attached hydrogens (tertiary/aromatic N) is 6. The zero-order valence-corrected chi connectivity index (χ0v) is 25.0. The molecule has 2 aromatic heterocycles. The van der Waals surface area contributed by atoms with Crippen LogP contribution in [0, 0.1) is 0 Å². The van der Waals surface area contributed by atoms with Crippen LogP contribution in [0.2, 0.25) is 0 Å². The molecule has 0 amide bonds. The molecule has 2 N–H and O–H groups in total. The van der Waals surface area contributed by atoms with Gasteiger partial charge in [-0.05, 0) is 64.9 Å². The average molecular weight is 550 g/mol. The second-order valence-electron chi connectivity index (χ2n) is 11.8. The number of hydrogen-bond donors (Lipinski definition) is 2. The molecule has 0 radical (unpaired) electrons. The van der Waals surface area contributed by atoms with E-state index < -0.39 is 5.60 Å². The summed E-state index contributed by atoms with van der Waals surface area (Å²) in [6.07, 6.45) is 5.70. The number of hydrazine groups is 1. The summed E-state index contributed by atoms with van der Waals surface area (Å²) in [5.41, 5.74) is 5.03. The van der Waals surface area contributed by atoms with Gasteiger partial charge >= 0.3 is 0 Å². The molecule has 216 valence electrons. The number of benzene rings is 1. The molecule has 10 heteroatoms. The first kappa shape index (κ1) is 28.4. The highest BCUT2D eigenvalue weighted by Crippen LogP contribution is 2.36. The van der Waals surface area contributed by atoms with Gasteiger partial charge in [0.2, 0.25) is 5.88 Å². The number of aryl methyl sites for hydroxylation is 1. The maximum absolute atomic E-state index is 10.9. The molecule has 0 fully saturated rings. The van der Waals surface area contributed by atoms with Crippen LogP contribution in [0.25, 0.3) is 28.1 Å². The van der Waals surface area contributed by atoms with Crippen LogP contribution in [-0.2, 0) is 11.8 Å². The molecule has 0 saturated heterocycles. The lowest BCUT2D eigenvalue weighted by molar-refractivity contribution is -0.131. The summed E-state index contributed by atoms with van der Waals surface area (Å²) < 4.78 is 14.8. The van der Waals surface area contributed by atoms with Crippen molar-refractivity contribution >= 4 is 17.0 Å². The highest BCUT2D eigenvalue weighted by molar-refractivity contribution is 5.91. The SMILES string of the molecule is CCN1CC2=C(/C=C/c3n[nH]c4ccc(cc34)-c3cnn(C)c3OC(C)C1)C(OC(C)C)N(C)N2CC(C)(C)O. The molecule has 5 rings (SSSR count). The minimum absolute atomic E-state index is 0.0184. The van der Waals surface area contributed by atoms with Gasteiger partial charge in [0.1, 0.15) is 6.10 Å². The maximum Gasteiger partial charge on any atom is 0.219 e. The van der Waals surface area contributed by atoms with Gasteiger partial charge in [-0.1, -0.05) is 19.1 Å². The highest BCUT2D eigenvalue weighted by Gasteiger charge is 2.39. The molecule has 10 nitrogen and oxygen atoms in total. The summed E-state index contributed by atoms with van der Waals surface area (Å²) in [5.74, 6) is 0.743. The summed E-state index contributed by atoms with van der Waals surface area (Å²) in [6, 6.07) is 6.27. The van der Waals surface area contributed by atoms with Crippen LogP contribution in [0.4, 0.5) is 0 Å². The van der Waals surface area contributed by atoms with Gasteiger partial charge in [0.05, 0.1) is 46.9 Å². The fraction of sp³-hybridized carbons (Fsp3) is 0.533. The number of aromatic amines is 1. The number of likely N-dealkylation sites (N-methyl/N-ethyl adjacent to an activating group) is 2. The van der Waals surface area contributed by atoms with E-state index in [1.165, 1.54) is 0 Å². The topological polar surface area (TPSA) is 94.9 Å². The molecule has 2 aliphatic rings. The van der Waals surface area contributed by atoms with Crippen LogP contribution in [0.1, 0.15) is 47.2 Å². The molecular formula is C30H43N7O3. The minimum atomic E-state index is -0.905. The molecule has 2 aliphatic heterocycles. The first-order valence-corrected chi connectivity index (χ1v) is 14.1. The third-order valence-electron chi connectivity index (χ3n) is 7.43. The molecule has 0 spiro atoms. The monoisotopic (exact) mass is 549 g/mol. The van der Waals surface area contributed by atoms with Crippen molar-refractivity contribution in [3.05, 3.63) is 47.4 Å². The number of aliphatic hydroxyl groups is 1. The third kappa shape index (κ3) is 5.67. The lowest BCUT2D eigenvalue weighted by atomic mass is 10.0. The van der Waals surface area contributed by atoms with Crippen molar-refractivity contribution in [2.75, 3.05) is 33.2 Å². The van der Waals surface area contributed by atoms with Crippen molar-refractivity contribution < 1.29 is 14.6 Å². The van der Waals surface area contributed by atoms with Gasteiger partial charge < -0.3 is 19.6 Å². The fourth-order valence-corrected chi connectivity index (χ4v) is 5.52. The van der Waals surface area contributed by atoms with Crippen molar-refractivity contribution in [2.45, 2.75) is 65.6 Å². The van der Waals surface area contributed by atoms with Crippen LogP contribution in [0.3, 0.4) is 0 Å². The smallest absolute Gasteiger partial charge is 0.219 e. The lowest BCUT2D eigenvalue weighted by Gasteiger charge is -2.37. The van der Waals surface area contributed by atoms with E-state index in [-0.39, 0.29) is 18.4 Å². The number of rotatable bonds is 5. The average Bonchev–Trinajstić information content (AvgIpc) is 3.52. The van der Waals surface area contributed by atoms with E-state index >= 15 is 0 Å². The van der Waals surface area contributed by atoms with Crippen molar-refractivity contribution in [3.63, 3.8) is 0 Å². The predicted molar refractivity (Wildman–Crippen MR) is 157 cm³/mol. The Labute approximate surface area is 236 Å². The molecule has 2 atom stereocenters. The summed E-state index contributed by atoms with van der Waals surface area (Å²) in [7, 11) is 3.94. The number of hydrogen-bond acceptors (Lipinski definition) is 8. The van der Waals surface area contributed by atoms with E-state index in [0.717, 1.165) is 58.0 Å². The Bertz CT molecular complexity index is 1410. The number of nitrogens with one attached hydrogen (secondary N) is 1. The minimum Gasteiger partial charge on any atom is -0.473 e. The Morgan fingerprint density at radius 1 is 1.23 bits per heavy atom. The number of aromatic nitrogens is 4.